The number of aliphatic hydroxyl groups excluding tert-OH is 2. The molecule has 0 aliphatic heterocycles. The second-order valence-electron chi connectivity index (χ2n) is 4.85. The van der Waals surface area contributed by atoms with Crippen LogP contribution in [-0.2, 0) is 0 Å². The van der Waals surface area contributed by atoms with Crippen LogP contribution >= 0.6 is 0 Å². The third-order valence-corrected chi connectivity index (χ3v) is 2.52. The second-order valence-corrected chi connectivity index (χ2v) is 4.85. The van der Waals surface area contributed by atoms with Crippen LogP contribution in [0.3, 0.4) is 0 Å². The van der Waals surface area contributed by atoms with Crippen molar-refractivity contribution in [1.82, 2.24) is 0 Å². The van der Waals surface area contributed by atoms with E-state index >= 15 is 0 Å². The molecule has 3 heteroatoms. The van der Waals surface area contributed by atoms with Crippen molar-refractivity contribution in [2.75, 3.05) is 6.61 Å². The highest BCUT2D eigenvalue weighted by Crippen LogP contribution is 2.13. The lowest BCUT2D eigenvalue weighted by atomic mass is 9.94. The van der Waals surface area contributed by atoms with Crippen molar-refractivity contribution >= 4 is 0 Å². The molecule has 0 saturated carbocycles. The molecule has 3 atom stereocenters. The number of hydrogen-bond acceptors (Lipinski definition) is 3. The largest absolute Gasteiger partial charge is 0.393 e. The molecule has 1 unspecified atom stereocenters. The van der Waals surface area contributed by atoms with Crippen molar-refractivity contribution in [2.24, 2.45) is 11.8 Å². The van der Waals surface area contributed by atoms with Gasteiger partial charge in [-0.25, -0.2) is 0 Å². The molecule has 3 nitrogen and oxygen atoms in total. The SMILES string of the molecule is CC(C)[C@@H](O)[C@@H](C)/C=C/C=C/C(C)(O)CO. The summed E-state index contributed by atoms with van der Waals surface area (Å²) in [7, 11) is 0. The van der Waals surface area contributed by atoms with E-state index in [2.05, 4.69) is 0 Å². The molecule has 0 saturated heterocycles. The quantitative estimate of drug-likeness (QED) is 0.604. The smallest absolute Gasteiger partial charge is 0.103 e. The van der Waals surface area contributed by atoms with Crippen LogP contribution in [0.1, 0.15) is 27.7 Å². The molecule has 0 radical (unpaired) electrons. The Hall–Kier alpha value is -0.640. The fourth-order valence-corrected chi connectivity index (χ4v) is 1.28. The van der Waals surface area contributed by atoms with Crippen molar-refractivity contribution in [3.8, 4) is 0 Å². The molecule has 0 rings (SSSR count). The minimum Gasteiger partial charge on any atom is -0.393 e. The minimum atomic E-state index is -1.18. The first kappa shape index (κ1) is 15.4. The van der Waals surface area contributed by atoms with Crippen LogP contribution in [0, 0.1) is 11.8 Å². The molecule has 3 N–H and O–H groups in total. The molecule has 0 bridgehead atoms. The number of aliphatic hydroxyl groups is 3. The lowest BCUT2D eigenvalue weighted by Gasteiger charge is -2.18. The maximum Gasteiger partial charge on any atom is 0.103 e. The molecule has 94 valence electrons. The fraction of sp³-hybridized carbons (Fsp3) is 0.692. The molecule has 0 aromatic rings. The van der Waals surface area contributed by atoms with E-state index in [9.17, 15) is 10.2 Å². The van der Waals surface area contributed by atoms with Crippen molar-refractivity contribution in [3.63, 3.8) is 0 Å². The Labute approximate surface area is 98.1 Å². The summed E-state index contributed by atoms with van der Waals surface area (Å²) in [6.07, 6.45) is 6.51. The van der Waals surface area contributed by atoms with Gasteiger partial charge in [0, 0.05) is 5.92 Å². The van der Waals surface area contributed by atoms with Crippen LogP contribution in [0.2, 0.25) is 0 Å². The van der Waals surface area contributed by atoms with Crippen LogP contribution in [0.25, 0.3) is 0 Å². The van der Waals surface area contributed by atoms with E-state index in [0.29, 0.717) is 0 Å². The maximum atomic E-state index is 9.74. The summed E-state index contributed by atoms with van der Waals surface area (Å²) >= 11 is 0. The summed E-state index contributed by atoms with van der Waals surface area (Å²) in [5.41, 5.74) is -1.18. The number of rotatable bonds is 6. The van der Waals surface area contributed by atoms with E-state index in [4.69, 9.17) is 5.11 Å². The van der Waals surface area contributed by atoms with Gasteiger partial charge in [-0.15, -0.1) is 0 Å². The number of hydrogen-bond donors (Lipinski definition) is 3. The van der Waals surface area contributed by atoms with Gasteiger partial charge in [0.1, 0.15) is 5.60 Å². The van der Waals surface area contributed by atoms with Gasteiger partial charge in [0.15, 0.2) is 0 Å². The van der Waals surface area contributed by atoms with Crippen LogP contribution in [0.5, 0.6) is 0 Å². The molecule has 0 aliphatic carbocycles. The summed E-state index contributed by atoms with van der Waals surface area (Å²) in [6, 6.07) is 0. The van der Waals surface area contributed by atoms with Gasteiger partial charge < -0.3 is 15.3 Å². The van der Waals surface area contributed by atoms with Crippen molar-refractivity contribution in [1.29, 1.82) is 0 Å². The molecule has 0 aromatic heterocycles. The zero-order chi connectivity index (χ0) is 12.8. The van der Waals surface area contributed by atoms with Crippen LogP contribution in [0.15, 0.2) is 24.3 Å². The van der Waals surface area contributed by atoms with Gasteiger partial charge in [-0.3, -0.25) is 0 Å². The predicted molar refractivity (Wildman–Crippen MR) is 66.0 cm³/mol. The van der Waals surface area contributed by atoms with Crippen molar-refractivity contribution in [2.45, 2.75) is 39.4 Å². The topological polar surface area (TPSA) is 60.7 Å². The normalized spacial score (nSPS) is 20.5. The lowest BCUT2D eigenvalue weighted by Crippen LogP contribution is -2.25. The zero-order valence-electron chi connectivity index (χ0n) is 10.6. The van der Waals surface area contributed by atoms with Crippen molar-refractivity contribution < 1.29 is 15.3 Å². The van der Waals surface area contributed by atoms with Gasteiger partial charge in [-0.05, 0) is 12.8 Å². The second kappa shape index (κ2) is 6.84. The van der Waals surface area contributed by atoms with E-state index < -0.39 is 5.60 Å². The Balaban J connectivity index is 4.20. The zero-order valence-corrected chi connectivity index (χ0v) is 10.6. The Bertz CT molecular complexity index is 242. The molecular formula is C13H24O3. The molecule has 0 fully saturated rings. The molecule has 0 spiro atoms. The third-order valence-electron chi connectivity index (χ3n) is 2.52. The highest BCUT2D eigenvalue weighted by molar-refractivity contribution is 5.10. The summed E-state index contributed by atoms with van der Waals surface area (Å²) in [5, 5.41) is 28.0. The summed E-state index contributed by atoms with van der Waals surface area (Å²) in [4.78, 5) is 0. The predicted octanol–water partition coefficient (Wildman–Crippen LogP) is 1.50. The average Bonchev–Trinajstić information content (AvgIpc) is 2.22. The molecular weight excluding hydrogens is 204 g/mol. The molecule has 0 aromatic carbocycles. The number of allylic oxidation sites excluding steroid dienone is 2. The van der Waals surface area contributed by atoms with Crippen LogP contribution in [0.4, 0.5) is 0 Å². The Kier molecular flexibility index (Phi) is 6.56. The first-order valence-corrected chi connectivity index (χ1v) is 5.67. The van der Waals surface area contributed by atoms with E-state index in [1.54, 1.807) is 12.2 Å². The summed E-state index contributed by atoms with van der Waals surface area (Å²) in [6.45, 7) is 7.12. The van der Waals surface area contributed by atoms with Gasteiger partial charge in [-0.1, -0.05) is 45.1 Å². The Morgan fingerprint density at radius 1 is 1.19 bits per heavy atom. The fourth-order valence-electron chi connectivity index (χ4n) is 1.28. The van der Waals surface area contributed by atoms with E-state index in [1.807, 2.05) is 26.8 Å². The van der Waals surface area contributed by atoms with E-state index in [0.717, 1.165) is 0 Å². The Morgan fingerprint density at radius 3 is 2.19 bits per heavy atom. The van der Waals surface area contributed by atoms with Gasteiger partial charge >= 0.3 is 0 Å². The Morgan fingerprint density at radius 2 is 1.75 bits per heavy atom. The maximum absolute atomic E-state index is 9.74. The standard InChI is InChI=1S/C13H24O3/c1-10(2)12(15)11(3)7-5-6-8-13(4,16)9-14/h5-8,10-12,14-16H,9H2,1-4H3/b7-5+,8-6+/t11-,12+,13?/m0/s1. The first-order chi connectivity index (χ1) is 7.30. The highest BCUT2D eigenvalue weighted by atomic mass is 16.3. The highest BCUT2D eigenvalue weighted by Gasteiger charge is 2.15. The van der Waals surface area contributed by atoms with E-state index in [-0.39, 0.29) is 24.5 Å². The van der Waals surface area contributed by atoms with Gasteiger partial charge in [0.2, 0.25) is 0 Å². The summed E-state index contributed by atoms with van der Waals surface area (Å²) < 4.78 is 0. The van der Waals surface area contributed by atoms with Crippen LogP contribution in [-0.4, -0.2) is 33.6 Å². The van der Waals surface area contributed by atoms with Crippen molar-refractivity contribution in [3.05, 3.63) is 24.3 Å². The molecule has 0 heterocycles. The molecule has 16 heavy (non-hydrogen) atoms. The monoisotopic (exact) mass is 228 g/mol. The van der Waals surface area contributed by atoms with E-state index in [1.165, 1.54) is 13.0 Å². The average molecular weight is 228 g/mol. The van der Waals surface area contributed by atoms with Gasteiger partial charge in [0.25, 0.3) is 0 Å². The lowest BCUT2D eigenvalue weighted by molar-refractivity contribution is 0.0435. The van der Waals surface area contributed by atoms with Gasteiger partial charge in [-0.2, -0.15) is 0 Å². The third kappa shape index (κ3) is 6.05. The molecule has 0 aliphatic rings. The molecule has 0 amide bonds. The first-order valence-electron chi connectivity index (χ1n) is 5.67. The van der Waals surface area contributed by atoms with Crippen LogP contribution < -0.4 is 0 Å². The van der Waals surface area contributed by atoms with Gasteiger partial charge in [0.05, 0.1) is 12.7 Å². The minimum absolute atomic E-state index is 0.0729. The summed E-state index contributed by atoms with van der Waals surface area (Å²) in [5.74, 6) is 0.299.